The van der Waals surface area contributed by atoms with E-state index in [9.17, 15) is 23.3 Å². The Morgan fingerprint density at radius 3 is 2.76 bits per heavy atom. The van der Waals surface area contributed by atoms with Crippen molar-refractivity contribution in [3.05, 3.63) is 33.9 Å². The van der Waals surface area contributed by atoms with E-state index in [0.717, 1.165) is 10.4 Å². The van der Waals surface area contributed by atoms with Crippen LogP contribution in [0.4, 0.5) is 5.69 Å². The molecule has 0 amide bonds. The van der Waals surface area contributed by atoms with Gasteiger partial charge in [0.15, 0.2) is 0 Å². The van der Waals surface area contributed by atoms with Gasteiger partial charge in [-0.1, -0.05) is 6.07 Å². The molecule has 1 aromatic rings. The van der Waals surface area contributed by atoms with Crippen LogP contribution in [-0.2, 0) is 14.8 Å². The Hall–Kier alpha value is -1.65. The average molecular weight is 332 g/mol. The summed E-state index contributed by atoms with van der Waals surface area (Å²) in [6, 6.07) is 2.40. The van der Waals surface area contributed by atoms with Crippen molar-refractivity contribution in [2.24, 2.45) is 0 Å². The molecule has 1 aliphatic heterocycles. The lowest BCUT2D eigenvalue weighted by molar-refractivity contribution is -0.385. The molecule has 0 bridgehead atoms. The fraction of sp³-hybridized carbons (Fsp3) is 0.364. The summed E-state index contributed by atoms with van der Waals surface area (Å²) in [5, 5.41) is 19.9. The minimum absolute atomic E-state index is 0.0149. The second-order valence-electron chi connectivity index (χ2n) is 4.45. The van der Waals surface area contributed by atoms with Gasteiger partial charge in [0.05, 0.1) is 15.7 Å². The molecule has 1 aromatic carbocycles. The smallest absolute Gasteiger partial charge is 0.322 e. The number of hydrogen-bond acceptors (Lipinski definition) is 6. The summed E-state index contributed by atoms with van der Waals surface area (Å²) in [5.41, 5.74) is 0.0272. The number of nitrogens with zero attached hydrogens (tertiary/aromatic N) is 2. The summed E-state index contributed by atoms with van der Waals surface area (Å²) in [6.07, 6.45) is 0. The van der Waals surface area contributed by atoms with Crippen LogP contribution in [0.15, 0.2) is 23.1 Å². The van der Waals surface area contributed by atoms with E-state index >= 15 is 0 Å². The first-order chi connectivity index (χ1) is 9.75. The highest BCUT2D eigenvalue weighted by atomic mass is 32.2. The highest BCUT2D eigenvalue weighted by Gasteiger charge is 2.40. The maximum atomic E-state index is 12.5. The van der Waals surface area contributed by atoms with Crippen molar-refractivity contribution in [2.45, 2.75) is 17.9 Å². The summed E-state index contributed by atoms with van der Waals surface area (Å²) in [6.45, 7) is 1.50. The van der Waals surface area contributed by atoms with Crippen LogP contribution in [0.3, 0.4) is 0 Å². The largest absolute Gasteiger partial charge is 0.480 e. The fourth-order valence-electron chi connectivity index (χ4n) is 1.94. The number of thioether (sulfide) groups is 1. The van der Waals surface area contributed by atoms with Gasteiger partial charge in [0.25, 0.3) is 5.69 Å². The number of carboxylic acids is 1. The Kier molecular flexibility index (Phi) is 4.21. The van der Waals surface area contributed by atoms with Gasteiger partial charge in [-0.05, 0) is 13.0 Å². The van der Waals surface area contributed by atoms with E-state index in [1.54, 1.807) is 0 Å². The number of sulfonamides is 1. The number of nitro benzene ring substituents is 1. The van der Waals surface area contributed by atoms with Gasteiger partial charge in [0, 0.05) is 17.4 Å². The minimum atomic E-state index is -4.08. The number of hydrogen-bond donors (Lipinski definition) is 1. The highest BCUT2D eigenvalue weighted by Crippen LogP contribution is 2.30. The predicted molar refractivity (Wildman–Crippen MR) is 75.6 cm³/mol. The molecule has 1 fully saturated rings. The van der Waals surface area contributed by atoms with Crippen LogP contribution in [0.25, 0.3) is 0 Å². The molecule has 1 aliphatic rings. The first kappa shape index (κ1) is 15.7. The normalized spacial score (nSPS) is 19.6. The fourth-order valence-corrected chi connectivity index (χ4v) is 5.10. The van der Waals surface area contributed by atoms with Gasteiger partial charge in [0.1, 0.15) is 6.04 Å². The van der Waals surface area contributed by atoms with Crippen molar-refractivity contribution in [1.82, 2.24) is 4.31 Å². The third-order valence-corrected chi connectivity index (χ3v) is 6.14. The standard InChI is InChI=1S/C11H12N2O6S2/c1-7-2-3-8(4-9(7)13(16)17)21(18,19)12-6-20-5-10(12)11(14)15/h2-4,10H,5-6H2,1H3,(H,14,15). The van der Waals surface area contributed by atoms with Gasteiger partial charge < -0.3 is 5.11 Å². The summed E-state index contributed by atoms with van der Waals surface area (Å²) < 4.78 is 25.8. The molecule has 0 radical (unpaired) electrons. The quantitative estimate of drug-likeness (QED) is 0.646. The van der Waals surface area contributed by atoms with Crippen molar-refractivity contribution in [1.29, 1.82) is 0 Å². The van der Waals surface area contributed by atoms with Crippen molar-refractivity contribution in [2.75, 3.05) is 11.6 Å². The number of carboxylic acid groups (broad SMARTS) is 1. The Morgan fingerprint density at radius 2 is 2.19 bits per heavy atom. The molecule has 1 unspecified atom stereocenters. The molecule has 0 spiro atoms. The predicted octanol–water partition coefficient (Wildman–Crippen LogP) is 1.05. The van der Waals surface area contributed by atoms with Gasteiger partial charge in [-0.2, -0.15) is 4.31 Å². The summed E-state index contributed by atoms with van der Waals surface area (Å²) in [7, 11) is -4.08. The first-order valence-corrected chi connectivity index (χ1v) is 8.42. The van der Waals surface area contributed by atoms with E-state index in [2.05, 4.69) is 0 Å². The summed E-state index contributed by atoms with van der Waals surface area (Å²) >= 11 is 1.19. The molecule has 2 rings (SSSR count). The van der Waals surface area contributed by atoms with Gasteiger partial charge in [-0.25, -0.2) is 8.42 Å². The number of aliphatic carboxylic acids is 1. The molecule has 0 saturated carbocycles. The zero-order valence-electron chi connectivity index (χ0n) is 10.9. The molecule has 1 atom stereocenters. The van der Waals surface area contributed by atoms with E-state index in [0.29, 0.717) is 5.56 Å². The van der Waals surface area contributed by atoms with Gasteiger partial charge in [-0.15, -0.1) is 11.8 Å². The maximum Gasteiger partial charge on any atom is 0.322 e. The number of rotatable bonds is 4. The molecular weight excluding hydrogens is 320 g/mol. The van der Waals surface area contributed by atoms with Crippen LogP contribution in [-0.4, -0.2) is 46.4 Å². The summed E-state index contributed by atoms with van der Waals surface area (Å²) in [4.78, 5) is 21.1. The lowest BCUT2D eigenvalue weighted by Crippen LogP contribution is -2.41. The third-order valence-electron chi connectivity index (χ3n) is 3.11. The molecule has 10 heteroatoms. The molecular formula is C11H12N2O6S2. The molecule has 21 heavy (non-hydrogen) atoms. The van der Waals surface area contributed by atoms with Crippen molar-refractivity contribution < 1.29 is 23.2 Å². The Labute approximate surface area is 125 Å². The van der Waals surface area contributed by atoms with Crippen LogP contribution >= 0.6 is 11.8 Å². The minimum Gasteiger partial charge on any atom is -0.480 e. The van der Waals surface area contributed by atoms with Crippen LogP contribution in [0.2, 0.25) is 0 Å². The SMILES string of the molecule is Cc1ccc(S(=O)(=O)N2CSCC2C(=O)O)cc1[N+](=O)[O-]. The molecule has 1 saturated heterocycles. The number of benzene rings is 1. The number of aryl methyl sites for hydroxylation is 1. The van der Waals surface area contributed by atoms with E-state index < -0.39 is 27.0 Å². The third kappa shape index (κ3) is 2.87. The van der Waals surface area contributed by atoms with E-state index in [1.165, 1.54) is 30.8 Å². The highest BCUT2D eigenvalue weighted by molar-refractivity contribution is 8.00. The summed E-state index contributed by atoms with van der Waals surface area (Å²) in [5.74, 6) is -1.06. The number of carbonyl (C=O) groups is 1. The lowest BCUT2D eigenvalue weighted by Gasteiger charge is -2.20. The van der Waals surface area contributed by atoms with E-state index in [4.69, 9.17) is 5.11 Å². The zero-order valence-corrected chi connectivity index (χ0v) is 12.6. The topological polar surface area (TPSA) is 118 Å². The Balaban J connectivity index is 2.47. The monoisotopic (exact) mass is 332 g/mol. The van der Waals surface area contributed by atoms with E-state index in [1.807, 2.05) is 0 Å². The van der Waals surface area contributed by atoms with Crippen LogP contribution < -0.4 is 0 Å². The molecule has 1 N–H and O–H groups in total. The first-order valence-electron chi connectivity index (χ1n) is 5.82. The molecule has 114 valence electrons. The zero-order chi connectivity index (χ0) is 15.8. The van der Waals surface area contributed by atoms with E-state index in [-0.39, 0.29) is 22.2 Å². The molecule has 1 heterocycles. The second kappa shape index (κ2) is 5.62. The van der Waals surface area contributed by atoms with Crippen LogP contribution in [0, 0.1) is 17.0 Å². The Morgan fingerprint density at radius 1 is 1.52 bits per heavy atom. The molecule has 8 nitrogen and oxygen atoms in total. The van der Waals surface area contributed by atoms with Gasteiger partial charge >= 0.3 is 5.97 Å². The second-order valence-corrected chi connectivity index (χ2v) is 7.34. The average Bonchev–Trinajstić information content (AvgIpc) is 2.88. The molecule has 0 aromatic heterocycles. The molecule has 0 aliphatic carbocycles. The van der Waals surface area contributed by atoms with Crippen molar-refractivity contribution in [3.8, 4) is 0 Å². The van der Waals surface area contributed by atoms with Gasteiger partial charge in [0.2, 0.25) is 10.0 Å². The maximum absolute atomic E-state index is 12.5. The van der Waals surface area contributed by atoms with Gasteiger partial charge in [-0.3, -0.25) is 14.9 Å². The van der Waals surface area contributed by atoms with Crippen molar-refractivity contribution >= 4 is 33.4 Å². The van der Waals surface area contributed by atoms with Crippen molar-refractivity contribution in [3.63, 3.8) is 0 Å². The number of nitro groups is 1. The Bertz CT molecular complexity index is 703. The van der Waals surface area contributed by atoms with Crippen LogP contribution in [0.5, 0.6) is 0 Å². The van der Waals surface area contributed by atoms with Crippen LogP contribution in [0.1, 0.15) is 5.56 Å². The lowest BCUT2D eigenvalue weighted by atomic mass is 10.2.